The van der Waals surface area contributed by atoms with Crippen LogP contribution < -0.4 is 14.8 Å². The highest BCUT2D eigenvalue weighted by molar-refractivity contribution is 9.10. The Kier molecular flexibility index (Phi) is 3.37. The SMILES string of the molecule is COc1cc(Br)c2c3c1OC1C(OC)(OC)C=CC4C(C2)NCCC341. The Morgan fingerprint density at radius 2 is 2.08 bits per heavy atom. The van der Waals surface area contributed by atoms with Crippen LogP contribution in [-0.4, -0.2) is 45.8 Å². The van der Waals surface area contributed by atoms with Gasteiger partial charge < -0.3 is 24.3 Å². The molecule has 2 aliphatic carbocycles. The molecule has 4 unspecified atom stereocenters. The second-order valence-electron chi connectivity index (χ2n) is 7.31. The van der Waals surface area contributed by atoms with Crippen molar-refractivity contribution in [1.82, 2.24) is 5.32 Å². The van der Waals surface area contributed by atoms with Crippen LogP contribution in [0.5, 0.6) is 11.5 Å². The van der Waals surface area contributed by atoms with Crippen molar-refractivity contribution in [3.8, 4) is 11.5 Å². The molecule has 2 bridgehead atoms. The van der Waals surface area contributed by atoms with Crippen LogP contribution >= 0.6 is 15.9 Å². The highest BCUT2D eigenvalue weighted by atomic mass is 79.9. The average molecular weight is 408 g/mol. The summed E-state index contributed by atoms with van der Waals surface area (Å²) in [4.78, 5) is 0. The fourth-order valence-corrected chi connectivity index (χ4v) is 6.17. The van der Waals surface area contributed by atoms with Gasteiger partial charge in [-0.3, -0.25) is 0 Å². The van der Waals surface area contributed by atoms with Crippen LogP contribution in [0.3, 0.4) is 0 Å². The first kappa shape index (κ1) is 16.1. The Morgan fingerprint density at radius 3 is 2.80 bits per heavy atom. The molecule has 1 N–H and O–H groups in total. The first-order valence-corrected chi connectivity index (χ1v) is 9.50. The van der Waals surface area contributed by atoms with Gasteiger partial charge in [0.1, 0.15) is 0 Å². The topological polar surface area (TPSA) is 49.0 Å². The Bertz CT molecular complexity index is 775. The van der Waals surface area contributed by atoms with Crippen LogP contribution in [0.4, 0.5) is 0 Å². The molecule has 0 amide bonds. The predicted octanol–water partition coefficient (Wildman–Crippen LogP) is 2.55. The van der Waals surface area contributed by atoms with E-state index in [0.717, 1.165) is 35.4 Å². The van der Waals surface area contributed by atoms with E-state index < -0.39 is 5.79 Å². The smallest absolute Gasteiger partial charge is 0.226 e. The Labute approximate surface area is 155 Å². The van der Waals surface area contributed by atoms with Crippen LogP contribution in [0.15, 0.2) is 22.7 Å². The molecule has 5 nitrogen and oxygen atoms in total. The third-order valence-corrected chi connectivity index (χ3v) is 7.33. The largest absolute Gasteiger partial charge is 0.493 e. The number of nitrogens with one attached hydrogen (secondary N) is 1. The van der Waals surface area contributed by atoms with Crippen LogP contribution in [0, 0.1) is 5.92 Å². The summed E-state index contributed by atoms with van der Waals surface area (Å²) < 4.78 is 25.1. The second-order valence-corrected chi connectivity index (χ2v) is 8.17. The van der Waals surface area contributed by atoms with E-state index >= 15 is 0 Å². The molecule has 134 valence electrons. The molecule has 2 aliphatic heterocycles. The van der Waals surface area contributed by atoms with Gasteiger partial charge >= 0.3 is 0 Å². The van der Waals surface area contributed by atoms with Crippen LogP contribution in [0.1, 0.15) is 17.5 Å². The molecule has 4 atom stereocenters. The standard InChI is InChI=1S/C19H22BrNO4/c1-22-14-9-12(20)10-8-13-11-4-5-19(23-2,24-3)17-18(11,6-7-21-13)15(10)16(14)25-17/h4-5,9,11,13,17,21H,6-8H2,1-3H3. The van der Waals surface area contributed by atoms with Crippen molar-refractivity contribution in [2.75, 3.05) is 27.9 Å². The third kappa shape index (κ3) is 1.74. The number of methoxy groups -OCH3 is 3. The molecule has 0 radical (unpaired) electrons. The normalized spacial score (nSPS) is 35.9. The molecule has 25 heavy (non-hydrogen) atoms. The lowest BCUT2D eigenvalue weighted by atomic mass is 9.53. The predicted molar refractivity (Wildman–Crippen MR) is 96.3 cm³/mol. The molecule has 1 aromatic carbocycles. The zero-order chi connectivity index (χ0) is 17.4. The molecule has 6 heteroatoms. The van der Waals surface area contributed by atoms with Gasteiger partial charge in [-0.25, -0.2) is 0 Å². The average Bonchev–Trinajstić information content (AvgIpc) is 2.97. The monoisotopic (exact) mass is 407 g/mol. The van der Waals surface area contributed by atoms with Gasteiger partial charge in [-0.15, -0.1) is 0 Å². The zero-order valence-corrected chi connectivity index (χ0v) is 16.2. The number of hydrogen-bond acceptors (Lipinski definition) is 5. The molecule has 4 aliphatic rings. The van der Waals surface area contributed by atoms with Crippen LogP contribution in [0.25, 0.3) is 0 Å². The number of halogens is 1. The maximum absolute atomic E-state index is 6.58. The molecule has 1 spiro atoms. The van der Waals surface area contributed by atoms with E-state index in [9.17, 15) is 0 Å². The van der Waals surface area contributed by atoms with Crippen molar-refractivity contribution >= 4 is 15.9 Å². The first-order valence-electron chi connectivity index (χ1n) is 8.71. The van der Waals surface area contributed by atoms with Gasteiger partial charge in [-0.05, 0) is 37.1 Å². The van der Waals surface area contributed by atoms with Gasteiger partial charge in [0.15, 0.2) is 17.6 Å². The van der Waals surface area contributed by atoms with Crippen molar-refractivity contribution in [2.45, 2.75) is 36.2 Å². The van der Waals surface area contributed by atoms with Gasteiger partial charge in [-0.1, -0.05) is 22.0 Å². The maximum atomic E-state index is 6.58. The fourth-order valence-electron chi connectivity index (χ4n) is 5.60. The molecule has 1 saturated heterocycles. The maximum Gasteiger partial charge on any atom is 0.226 e. The van der Waals surface area contributed by atoms with Gasteiger partial charge in [0.2, 0.25) is 5.79 Å². The number of ether oxygens (including phenoxy) is 4. The number of piperidine rings is 1. The Balaban J connectivity index is 1.84. The molecule has 0 aromatic heterocycles. The van der Waals surface area contributed by atoms with E-state index in [1.165, 1.54) is 11.1 Å². The molecule has 0 saturated carbocycles. The summed E-state index contributed by atoms with van der Waals surface area (Å²) in [5.74, 6) is 1.10. The van der Waals surface area contributed by atoms with Crippen molar-refractivity contribution in [2.24, 2.45) is 5.92 Å². The highest BCUT2D eigenvalue weighted by Gasteiger charge is 2.68. The minimum absolute atomic E-state index is 0.156. The lowest BCUT2D eigenvalue weighted by molar-refractivity contribution is -0.241. The molecular weight excluding hydrogens is 386 g/mol. The summed E-state index contributed by atoms with van der Waals surface area (Å²) in [6.45, 7) is 0.964. The van der Waals surface area contributed by atoms with Gasteiger partial charge in [0.05, 0.1) is 12.5 Å². The lowest BCUT2D eigenvalue weighted by Crippen LogP contribution is -2.68. The summed E-state index contributed by atoms with van der Waals surface area (Å²) in [7, 11) is 5.07. The van der Waals surface area contributed by atoms with Gasteiger partial charge in [-0.2, -0.15) is 0 Å². The Hall–Kier alpha value is -1.08. The minimum atomic E-state index is -0.885. The van der Waals surface area contributed by atoms with Gasteiger partial charge in [0, 0.05) is 36.2 Å². The Morgan fingerprint density at radius 1 is 1.28 bits per heavy atom. The summed E-state index contributed by atoms with van der Waals surface area (Å²) >= 11 is 3.77. The molecule has 1 aromatic rings. The van der Waals surface area contributed by atoms with E-state index in [1.807, 2.05) is 12.1 Å². The highest BCUT2D eigenvalue weighted by Crippen LogP contribution is 2.64. The summed E-state index contributed by atoms with van der Waals surface area (Å²) in [6, 6.07) is 2.42. The number of benzene rings is 1. The van der Waals surface area contributed by atoms with Crippen molar-refractivity contribution in [3.63, 3.8) is 0 Å². The quantitative estimate of drug-likeness (QED) is 0.616. The molecular formula is C19H22BrNO4. The summed E-state index contributed by atoms with van der Waals surface area (Å²) in [5.41, 5.74) is 2.45. The molecule has 1 fully saturated rings. The summed E-state index contributed by atoms with van der Waals surface area (Å²) in [6.07, 6.45) is 6.05. The van der Waals surface area contributed by atoms with E-state index in [4.69, 9.17) is 18.9 Å². The van der Waals surface area contributed by atoms with Crippen molar-refractivity contribution < 1.29 is 18.9 Å². The second kappa shape index (κ2) is 5.22. The van der Waals surface area contributed by atoms with E-state index in [0.29, 0.717) is 12.0 Å². The minimum Gasteiger partial charge on any atom is -0.493 e. The van der Waals surface area contributed by atoms with E-state index in [2.05, 4.69) is 27.3 Å². The summed E-state index contributed by atoms with van der Waals surface area (Å²) in [5, 5.41) is 3.71. The lowest BCUT2D eigenvalue weighted by Gasteiger charge is -2.56. The van der Waals surface area contributed by atoms with Crippen LogP contribution in [0.2, 0.25) is 0 Å². The van der Waals surface area contributed by atoms with Crippen LogP contribution in [-0.2, 0) is 21.3 Å². The molecule has 2 heterocycles. The third-order valence-electron chi connectivity index (χ3n) is 6.62. The molecule has 5 rings (SSSR count). The van der Waals surface area contributed by atoms with E-state index in [1.54, 1.807) is 21.3 Å². The van der Waals surface area contributed by atoms with Gasteiger partial charge in [0.25, 0.3) is 0 Å². The van der Waals surface area contributed by atoms with Crippen molar-refractivity contribution in [1.29, 1.82) is 0 Å². The fraction of sp³-hybridized carbons (Fsp3) is 0.579. The zero-order valence-electron chi connectivity index (χ0n) is 14.6. The number of hydrogen-bond donors (Lipinski definition) is 1. The first-order chi connectivity index (χ1) is 12.1. The van der Waals surface area contributed by atoms with E-state index in [-0.39, 0.29) is 11.5 Å². The number of rotatable bonds is 3. The van der Waals surface area contributed by atoms with Crippen molar-refractivity contribution in [3.05, 3.63) is 33.8 Å².